The Labute approximate surface area is 133 Å². The summed E-state index contributed by atoms with van der Waals surface area (Å²) in [5, 5.41) is 0. The number of benzene rings is 1. The number of likely N-dealkylation sites (tertiary alicyclic amines) is 1. The Kier molecular flexibility index (Phi) is 3.51. The summed E-state index contributed by atoms with van der Waals surface area (Å²) in [6, 6.07) is 9.36. The fourth-order valence-electron chi connectivity index (χ4n) is 5.07. The molecule has 1 saturated carbocycles. The largest absolute Gasteiger partial charge is 0.339 e. The molecule has 2 nitrogen and oxygen atoms in total. The fourth-order valence-corrected chi connectivity index (χ4v) is 5.07. The van der Waals surface area contributed by atoms with E-state index in [1.165, 1.54) is 49.7 Å². The van der Waals surface area contributed by atoms with Gasteiger partial charge in [-0.05, 0) is 62.5 Å². The van der Waals surface area contributed by atoms with E-state index in [2.05, 4.69) is 36.1 Å². The Morgan fingerprint density at radius 1 is 1.27 bits per heavy atom. The molecular formula is C20H27NO. The van der Waals surface area contributed by atoms with E-state index in [4.69, 9.17) is 0 Å². The number of piperidine rings is 1. The average Bonchev–Trinajstić information content (AvgIpc) is 3.29. The van der Waals surface area contributed by atoms with E-state index in [1.807, 2.05) is 0 Å². The van der Waals surface area contributed by atoms with E-state index in [0.29, 0.717) is 11.9 Å². The van der Waals surface area contributed by atoms with Crippen LogP contribution in [-0.4, -0.2) is 23.4 Å². The molecule has 2 aliphatic carbocycles. The van der Waals surface area contributed by atoms with E-state index < -0.39 is 0 Å². The number of rotatable bonds is 2. The number of aryl methyl sites for hydroxylation is 1. The maximum atomic E-state index is 13.1. The second kappa shape index (κ2) is 5.40. The van der Waals surface area contributed by atoms with Gasteiger partial charge in [-0.15, -0.1) is 0 Å². The molecule has 0 N–H and O–H groups in total. The van der Waals surface area contributed by atoms with Gasteiger partial charge in [0.25, 0.3) is 0 Å². The van der Waals surface area contributed by atoms with Crippen LogP contribution in [0, 0.1) is 5.92 Å². The number of hydrogen-bond acceptors (Lipinski definition) is 1. The molecule has 3 atom stereocenters. The van der Waals surface area contributed by atoms with Crippen LogP contribution in [0.5, 0.6) is 0 Å². The lowest BCUT2D eigenvalue weighted by atomic mass is 9.78. The second-order valence-electron chi connectivity index (χ2n) is 7.51. The molecule has 2 heteroatoms. The SMILES string of the molecule is CC[C@@H]1CCCCN1C(=O)[C@H]1C[C@]12CCCc1ccccc12. The lowest BCUT2D eigenvalue weighted by Crippen LogP contribution is -2.45. The van der Waals surface area contributed by atoms with Gasteiger partial charge in [0, 0.05) is 23.9 Å². The van der Waals surface area contributed by atoms with E-state index in [9.17, 15) is 4.79 Å². The van der Waals surface area contributed by atoms with Crippen LogP contribution < -0.4 is 0 Å². The molecule has 0 radical (unpaired) electrons. The summed E-state index contributed by atoms with van der Waals surface area (Å²) in [6.45, 7) is 3.22. The molecule has 1 aromatic rings. The molecule has 3 aliphatic rings. The molecule has 0 bridgehead atoms. The molecule has 0 unspecified atom stereocenters. The highest BCUT2D eigenvalue weighted by Crippen LogP contribution is 2.61. The topological polar surface area (TPSA) is 20.3 Å². The van der Waals surface area contributed by atoms with Crippen molar-refractivity contribution < 1.29 is 4.79 Å². The van der Waals surface area contributed by atoms with Crippen molar-refractivity contribution in [2.24, 2.45) is 5.92 Å². The number of fused-ring (bicyclic) bond motifs is 2. The molecule has 4 rings (SSSR count). The standard InChI is InChI=1S/C20H27NO/c1-2-16-10-5-6-13-21(16)19(22)18-14-20(18)12-7-9-15-8-3-4-11-17(15)20/h3-4,8,11,16,18H,2,5-7,9-10,12-14H2,1H3/t16-,18-,20+/m1/s1. The van der Waals surface area contributed by atoms with Gasteiger partial charge in [-0.3, -0.25) is 4.79 Å². The van der Waals surface area contributed by atoms with Gasteiger partial charge in [0.2, 0.25) is 5.91 Å². The zero-order chi connectivity index (χ0) is 15.2. The van der Waals surface area contributed by atoms with Crippen LogP contribution in [0.4, 0.5) is 0 Å². The predicted molar refractivity (Wildman–Crippen MR) is 88.8 cm³/mol. The molecule has 1 saturated heterocycles. The normalized spacial score (nSPS) is 33.6. The van der Waals surface area contributed by atoms with Crippen molar-refractivity contribution in [1.29, 1.82) is 0 Å². The van der Waals surface area contributed by atoms with Crippen molar-refractivity contribution in [1.82, 2.24) is 4.90 Å². The quantitative estimate of drug-likeness (QED) is 0.805. The molecule has 0 aromatic heterocycles. The number of hydrogen-bond donors (Lipinski definition) is 0. The lowest BCUT2D eigenvalue weighted by molar-refractivity contribution is -0.136. The Balaban J connectivity index is 1.58. The Hall–Kier alpha value is -1.31. The van der Waals surface area contributed by atoms with Gasteiger partial charge in [-0.1, -0.05) is 31.2 Å². The zero-order valence-corrected chi connectivity index (χ0v) is 13.7. The van der Waals surface area contributed by atoms with Crippen LogP contribution in [0.3, 0.4) is 0 Å². The minimum Gasteiger partial charge on any atom is -0.339 e. The van der Waals surface area contributed by atoms with Gasteiger partial charge in [-0.25, -0.2) is 0 Å². The van der Waals surface area contributed by atoms with E-state index in [1.54, 1.807) is 0 Å². The van der Waals surface area contributed by atoms with Crippen LogP contribution in [0.2, 0.25) is 0 Å². The predicted octanol–water partition coefficient (Wildman–Crippen LogP) is 4.07. The zero-order valence-electron chi connectivity index (χ0n) is 13.7. The first-order valence-corrected chi connectivity index (χ1v) is 9.15. The second-order valence-corrected chi connectivity index (χ2v) is 7.51. The highest BCUT2D eigenvalue weighted by Gasteiger charge is 2.61. The first kappa shape index (κ1) is 14.3. The first-order chi connectivity index (χ1) is 10.8. The van der Waals surface area contributed by atoms with Crippen molar-refractivity contribution in [3.8, 4) is 0 Å². The lowest BCUT2D eigenvalue weighted by Gasteiger charge is -2.36. The summed E-state index contributed by atoms with van der Waals surface area (Å²) in [4.78, 5) is 15.4. The number of carbonyl (C=O) groups excluding carboxylic acids is 1. The molecule has 2 fully saturated rings. The van der Waals surface area contributed by atoms with Crippen molar-refractivity contribution in [3.63, 3.8) is 0 Å². The van der Waals surface area contributed by atoms with Crippen LogP contribution >= 0.6 is 0 Å². The minimum absolute atomic E-state index is 0.196. The Morgan fingerprint density at radius 3 is 3.00 bits per heavy atom. The van der Waals surface area contributed by atoms with Gasteiger partial charge >= 0.3 is 0 Å². The summed E-state index contributed by atoms with van der Waals surface area (Å²) in [6.07, 6.45) is 9.55. The summed E-state index contributed by atoms with van der Waals surface area (Å²) in [7, 11) is 0. The summed E-state index contributed by atoms with van der Waals surface area (Å²) >= 11 is 0. The molecule has 118 valence electrons. The number of amides is 1. The van der Waals surface area contributed by atoms with Crippen molar-refractivity contribution in [2.45, 2.75) is 69.7 Å². The highest BCUT2D eigenvalue weighted by atomic mass is 16.2. The van der Waals surface area contributed by atoms with Crippen LogP contribution in [0.1, 0.15) is 63.0 Å². The molecule has 1 heterocycles. The third kappa shape index (κ3) is 2.11. The third-order valence-electron chi connectivity index (χ3n) is 6.38. The first-order valence-electron chi connectivity index (χ1n) is 9.15. The van der Waals surface area contributed by atoms with Crippen LogP contribution in [0.15, 0.2) is 24.3 Å². The molecule has 1 aromatic carbocycles. The molecule has 1 spiro atoms. The number of nitrogens with zero attached hydrogens (tertiary/aromatic N) is 1. The van der Waals surface area contributed by atoms with Crippen LogP contribution in [0.25, 0.3) is 0 Å². The third-order valence-corrected chi connectivity index (χ3v) is 6.38. The smallest absolute Gasteiger partial charge is 0.226 e. The average molecular weight is 297 g/mol. The van der Waals surface area contributed by atoms with Crippen LogP contribution in [-0.2, 0) is 16.6 Å². The monoisotopic (exact) mass is 297 g/mol. The van der Waals surface area contributed by atoms with E-state index >= 15 is 0 Å². The van der Waals surface area contributed by atoms with Gasteiger partial charge in [0.1, 0.15) is 0 Å². The molecular weight excluding hydrogens is 270 g/mol. The highest BCUT2D eigenvalue weighted by molar-refractivity contribution is 5.85. The fraction of sp³-hybridized carbons (Fsp3) is 0.650. The van der Waals surface area contributed by atoms with Crippen molar-refractivity contribution >= 4 is 5.91 Å². The molecule has 22 heavy (non-hydrogen) atoms. The maximum absolute atomic E-state index is 13.1. The maximum Gasteiger partial charge on any atom is 0.226 e. The summed E-state index contributed by atoms with van der Waals surface area (Å²) in [5.74, 6) is 0.726. The van der Waals surface area contributed by atoms with E-state index in [-0.39, 0.29) is 11.3 Å². The van der Waals surface area contributed by atoms with E-state index in [0.717, 1.165) is 19.4 Å². The summed E-state index contributed by atoms with van der Waals surface area (Å²) < 4.78 is 0. The van der Waals surface area contributed by atoms with Crippen molar-refractivity contribution in [3.05, 3.63) is 35.4 Å². The van der Waals surface area contributed by atoms with Gasteiger partial charge in [-0.2, -0.15) is 0 Å². The summed E-state index contributed by atoms with van der Waals surface area (Å²) in [5.41, 5.74) is 3.18. The van der Waals surface area contributed by atoms with Crippen molar-refractivity contribution in [2.75, 3.05) is 6.54 Å². The van der Waals surface area contributed by atoms with Gasteiger partial charge in [0.15, 0.2) is 0 Å². The molecule has 1 aliphatic heterocycles. The number of carbonyl (C=O) groups is 1. The Morgan fingerprint density at radius 2 is 2.14 bits per heavy atom. The Bertz CT molecular complexity index is 581. The van der Waals surface area contributed by atoms with Gasteiger partial charge < -0.3 is 4.90 Å². The minimum atomic E-state index is 0.196. The van der Waals surface area contributed by atoms with Gasteiger partial charge in [0.05, 0.1) is 0 Å². The molecule has 1 amide bonds.